The number of rotatable bonds is 5. The number of halogens is 1. The molecule has 1 fully saturated rings. The van der Waals surface area contributed by atoms with Gasteiger partial charge in [0.1, 0.15) is 5.82 Å². The third-order valence-corrected chi connectivity index (χ3v) is 4.95. The van der Waals surface area contributed by atoms with E-state index in [1.807, 2.05) is 0 Å². The average Bonchev–Trinajstić information content (AvgIpc) is 3.28. The van der Waals surface area contributed by atoms with Crippen molar-refractivity contribution in [2.24, 2.45) is 0 Å². The van der Waals surface area contributed by atoms with Gasteiger partial charge in [0.15, 0.2) is 5.82 Å². The zero-order valence-electron chi connectivity index (χ0n) is 16.2. The van der Waals surface area contributed by atoms with Crippen LogP contribution in [0.2, 0.25) is 0 Å². The number of aromatic nitrogens is 2. The van der Waals surface area contributed by atoms with Crippen LogP contribution in [0.1, 0.15) is 30.6 Å². The van der Waals surface area contributed by atoms with Crippen molar-refractivity contribution in [3.05, 3.63) is 41.3 Å². The fourth-order valence-corrected chi connectivity index (χ4v) is 3.38. The summed E-state index contributed by atoms with van der Waals surface area (Å²) in [6, 6.07) is 4.20. The predicted octanol–water partition coefficient (Wildman–Crippen LogP) is 2.52. The molecule has 1 aromatic heterocycles. The Hall–Kier alpha value is -2.97. The minimum Gasteiger partial charge on any atom is -0.340 e. The molecule has 1 unspecified atom stereocenters. The molecule has 1 aromatic carbocycles. The Bertz CT molecular complexity index is 869. The SMILES string of the molecule is CC(=O)N(CCc1noc(C)n1)C1CCN(C(=O)Nc2cccc(F)c2C)C1. The van der Waals surface area contributed by atoms with Crippen LogP contribution in [-0.2, 0) is 11.2 Å². The van der Waals surface area contributed by atoms with E-state index in [1.54, 1.807) is 35.8 Å². The van der Waals surface area contributed by atoms with Gasteiger partial charge < -0.3 is 19.6 Å². The lowest BCUT2D eigenvalue weighted by molar-refractivity contribution is -0.130. The summed E-state index contributed by atoms with van der Waals surface area (Å²) >= 11 is 0. The number of hydrogen-bond acceptors (Lipinski definition) is 5. The molecule has 0 radical (unpaired) electrons. The van der Waals surface area contributed by atoms with E-state index < -0.39 is 0 Å². The number of likely N-dealkylation sites (tertiary alicyclic amines) is 1. The third-order valence-electron chi connectivity index (χ3n) is 4.95. The summed E-state index contributed by atoms with van der Waals surface area (Å²) in [5.41, 5.74) is 0.844. The molecule has 3 amide bonds. The van der Waals surface area contributed by atoms with Crippen molar-refractivity contribution < 1.29 is 18.5 Å². The van der Waals surface area contributed by atoms with Gasteiger partial charge in [0.25, 0.3) is 0 Å². The summed E-state index contributed by atoms with van der Waals surface area (Å²) in [5, 5.41) is 6.60. The first kappa shape index (κ1) is 19.8. The zero-order chi connectivity index (χ0) is 20.3. The van der Waals surface area contributed by atoms with Gasteiger partial charge in [-0.1, -0.05) is 11.2 Å². The summed E-state index contributed by atoms with van der Waals surface area (Å²) < 4.78 is 18.6. The highest BCUT2D eigenvalue weighted by molar-refractivity contribution is 5.90. The smallest absolute Gasteiger partial charge is 0.321 e. The topological polar surface area (TPSA) is 91.6 Å². The standard InChI is InChI=1S/C19H24FN5O3/c1-12-16(20)5-4-6-17(12)22-19(27)24-9-7-15(11-24)25(14(3)26)10-8-18-21-13(2)28-23-18/h4-6,15H,7-11H2,1-3H3,(H,22,27). The maximum atomic E-state index is 13.7. The number of aryl methyl sites for hydroxylation is 1. The number of nitrogens with one attached hydrogen (secondary N) is 1. The van der Waals surface area contributed by atoms with Gasteiger partial charge in [-0.15, -0.1) is 0 Å². The number of anilines is 1. The Labute approximate surface area is 162 Å². The lowest BCUT2D eigenvalue weighted by Gasteiger charge is -2.27. The van der Waals surface area contributed by atoms with Crippen LogP contribution in [0.3, 0.4) is 0 Å². The molecule has 28 heavy (non-hydrogen) atoms. The van der Waals surface area contributed by atoms with Crippen LogP contribution in [0, 0.1) is 19.7 Å². The Morgan fingerprint density at radius 3 is 2.86 bits per heavy atom. The molecule has 2 aromatic rings. The maximum absolute atomic E-state index is 13.7. The van der Waals surface area contributed by atoms with Crippen LogP contribution in [0.25, 0.3) is 0 Å². The van der Waals surface area contributed by atoms with Crippen molar-refractivity contribution in [1.29, 1.82) is 0 Å². The molecular weight excluding hydrogens is 365 g/mol. The normalized spacial score (nSPS) is 16.3. The van der Waals surface area contributed by atoms with Crippen molar-refractivity contribution in [3.63, 3.8) is 0 Å². The number of benzene rings is 1. The molecular formula is C19H24FN5O3. The van der Waals surface area contributed by atoms with E-state index in [4.69, 9.17) is 4.52 Å². The van der Waals surface area contributed by atoms with Crippen molar-refractivity contribution in [3.8, 4) is 0 Å². The van der Waals surface area contributed by atoms with Crippen LogP contribution in [0.15, 0.2) is 22.7 Å². The lowest BCUT2D eigenvalue weighted by atomic mass is 10.2. The summed E-state index contributed by atoms with van der Waals surface area (Å²) in [7, 11) is 0. The first-order chi connectivity index (χ1) is 13.3. The molecule has 0 aliphatic carbocycles. The molecule has 150 valence electrons. The van der Waals surface area contributed by atoms with Crippen LogP contribution in [-0.4, -0.2) is 57.6 Å². The molecule has 3 rings (SSSR count). The molecule has 9 heteroatoms. The van der Waals surface area contributed by atoms with Gasteiger partial charge in [-0.25, -0.2) is 9.18 Å². The molecule has 1 aliphatic heterocycles. The van der Waals surface area contributed by atoms with Gasteiger partial charge in [-0.05, 0) is 25.5 Å². The molecule has 1 saturated heterocycles. The first-order valence-electron chi connectivity index (χ1n) is 9.22. The number of hydrogen-bond donors (Lipinski definition) is 1. The van der Waals surface area contributed by atoms with Crippen molar-refractivity contribution in [2.75, 3.05) is 25.0 Å². The maximum Gasteiger partial charge on any atom is 0.321 e. The fraction of sp³-hybridized carbons (Fsp3) is 0.474. The average molecular weight is 389 g/mol. The van der Waals surface area contributed by atoms with Gasteiger partial charge in [-0.2, -0.15) is 4.98 Å². The van der Waals surface area contributed by atoms with Gasteiger partial charge in [0.2, 0.25) is 11.8 Å². The van der Waals surface area contributed by atoms with E-state index in [-0.39, 0.29) is 23.8 Å². The summed E-state index contributed by atoms with van der Waals surface area (Å²) in [6.07, 6.45) is 1.17. The third kappa shape index (κ3) is 4.47. The minimum atomic E-state index is -0.364. The highest BCUT2D eigenvalue weighted by atomic mass is 19.1. The second kappa shape index (κ2) is 8.37. The van der Waals surface area contributed by atoms with Crippen molar-refractivity contribution in [2.45, 2.75) is 39.7 Å². The molecule has 1 N–H and O–H groups in total. The van der Waals surface area contributed by atoms with Crippen LogP contribution in [0.5, 0.6) is 0 Å². The molecule has 0 bridgehead atoms. The zero-order valence-corrected chi connectivity index (χ0v) is 16.2. The van der Waals surface area contributed by atoms with Gasteiger partial charge >= 0.3 is 6.03 Å². The number of nitrogens with zero attached hydrogens (tertiary/aromatic N) is 4. The van der Waals surface area contributed by atoms with E-state index in [9.17, 15) is 14.0 Å². The molecule has 0 saturated carbocycles. The highest BCUT2D eigenvalue weighted by Gasteiger charge is 2.32. The molecule has 1 atom stereocenters. The van der Waals surface area contributed by atoms with Crippen LogP contribution >= 0.6 is 0 Å². The van der Waals surface area contributed by atoms with Gasteiger partial charge in [0, 0.05) is 51.2 Å². The van der Waals surface area contributed by atoms with Gasteiger partial charge in [-0.3, -0.25) is 4.79 Å². The molecule has 1 aliphatic rings. The quantitative estimate of drug-likeness (QED) is 0.848. The van der Waals surface area contributed by atoms with Gasteiger partial charge in [0.05, 0.1) is 6.04 Å². The predicted molar refractivity (Wildman–Crippen MR) is 100 cm³/mol. The lowest BCUT2D eigenvalue weighted by Crippen LogP contribution is -2.43. The molecule has 0 spiro atoms. The van der Waals surface area contributed by atoms with E-state index in [2.05, 4.69) is 15.5 Å². The van der Waals surface area contributed by atoms with Crippen molar-refractivity contribution >= 4 is 17.6 Å². The van der Waals surface area contributed by atoms with Crippen LogP contribution < -0.4 is 5.32 Å². The Morgan fingerprint density at radius 1 is 1.39 bits per heavy atom. The number of urea groups is 1. The number of amides is 3. The highest BCUT2D eigenvalue weighted by Crippen LogP contribution is 2.21. The minimum absolute atomic E-state index is 0.0616. The second-order valence-corrected chi connectivity index (χ2v) is 6.92. The monoisotopic (exact) mass is 389 g/mol. The Morgan fingerprint density at radius 2 is 2.18 bits per heavy atom. The number of carbonyl (C=O) groups is 2. The fourth-order valence-electron chi connectivity index (χ4n) is 3.38. The van der Waals surface area contributed by atoms with E-state index in [1.165, 1.54) is 13.0 Å². The number of carbonyl (C=O) groups excluding carboxylic acids is 2. The van der Waals surface area contributed by atoms with Crippen LogP contribution in [0.4, 0.5) is 14.9 Å². The summed E-state index contributed by atoms with van der Waals surface area (Å²) in [5.74, 6) is 0.615. The Kier molecular flexibility index (Phi) is 5.91. The molecule has 8 nitrogen and oxygen atoms in total. The van der Waals surface area contributed by atoms with Crippen molar-refractivity contribution in [1.82, 2.24) is 19.9 Å². The van der Waals surface area contributed by atoms with E-state index in [0.29, 0.717) is 55.4 Å². The van der Waals surface area contributed by atoms with E-state index >= 15 is 0 Å². The largest absolute Gasteiger partial charge is 0.340 e. The summed E-state index contributed by atoms with van der Waals surface area (Å²) in [6.45, 7) is 6.25. The molecule has 2 heterocycles. The second-order valence-electron chi connectivity index (χ2n) is 6.92. The Balaban J connectivity index is 1.59. The first-order valence-corrected chi connectivity index (χ1v) is 9.22. The van der Waals surface area contributed by atoms with E-state index in [0.717, 1.165) is 0 Å². The summed E-state index contributed by atoms with van der Waals surface area (Å²) in [4.78, 5) is 32.2.